The zero-order valence-electron chi connectivity index (χ0n) is 4.94. The van der Waals surface area contributed by atoms with E-state index in [4.69, 9.17) is 13.8 Å². The van der Waals surface area contributed by atoms with Crippen LogP contribution in [0.5, 0.6) is 0 Å². The second kappa shape index (κ2) is 3.34. The molecule has 0 amide bonds. The molecule has 0 aliphatic heterocycles. The molecule has 0 atom stereocenters. The van der Waals surface area contributed by atoms with Crippen molar-refractivity contribution >= 4 is 45.2 Å². The van der Waals surface area contributed by atoms with Crippen LogP contribution in [0.15, 0.2) is 6.07 Å². The van der Waals surface area contributed by atoms with E-state index >= 15 is 0 Å². The van der Waals surface area contributed by atoms with Gasteiger partial charge >= 0.3 is 0 Å². The average molecular weight is 355 g/mol. The molecular formula is C7H3I2N. The third-order valence-corrected chi connectivity index (χ3v) is 2.45. The van der Waals surface area contributed by atoms with Gasteiger partial charge in [-0.25, -0.2) is 4.98 Å². The maximum atomic E-state index is 5.55. The lowest BCUT2D eigenvalue weighted by atomic mass is 10.2. The Morgan fingerprint density at radius 3 is 2.40 bits per heavy atom. The van der Waals surface area contributed by atoms with Crippen LogP contribution >= 0.6 is 45.2 Å². The van der Waals surface area contributed by atoms with Crippen molar-refractivity contribution in [2.24, 2.45) is 0 Å². The summed E-state index contributed by atoms with van der Waals surface area (Å²) < 4.78 is 1.82. The maximum absolute atomic E-state index is 5.55. The standard InChI is InChI=1S/C7H3I2N/c1-4-5(2)10-7(9)3-6(4)8/h1-3H. The first-order valence-electron chi connectivity index (χ1n) is 2.48. The topological polar surface area (TPSA) is 12.9 Å². The highest BCUT2D eigenvalue weighted by Gasteiger charge is 2.00. The molecule has 0 aliphatic rings. The van der Waals surface area contributed by atoms with E-state index in [9.17, 15) is 0 Å². The molecule has 0 fully saturated rings. The molecule has 0 bridgehead atoms. The van der Waals surface area contributed by atoms with Crippen LogP contribution in [-0.2, 0) is 0 Å². The van der Waals surface area contributed by atoms with Gasteiger partial charge in [-0.3, -0.25) is 0 Å². The molecule has 10 heavy (non-hydrogen) atoms. The lowest BCUT2D eigenvalue weighted by Crippen LogP contribution is -1.92. The maximum Gasteiger partial charge on any atom is 0.102 e. The summed E-state index contributed by atoms with van der Waals surface area (Å²) in [5, 5.41) is 0. The van der Waals surface area contributed by atoms with Crippen LogP contribution in [0.4, 0.5) is 0 Å². The molecule has 0 saturated carbocycles. The first kappa shape index (κ1) is 8.70. The van der Waals surface area contributed by atoms with Crippen LogP contribution in [-0.4, -0.2) is 4.98 Å². The van der Waals surface area contributed by atoms with Gasteiger partial charge < -0.3 is 0 Å². The van der Waals surface area contributed by atoms with Gasteiger partial charge in [-0.05, 0) is 56.8 Å². The van der Waals surface area contributed by atoms with Gasteiger partial charge in [0.05, 0.1) is 5.69 Å². The third kappa shape index (κ3) is 1.81. The summed E-state index contributed by atoms with van der Waals surface area (Å²) in [7, 11) is 0. The SMILES string of the molecule is [CH]c1nc(I)cc(I)c1[CH]. The summed E-state index contributed by atoms with van der Waals surface area (Å²) in [5.74, 6) is 0. The lowest BCUT2D eigenvalue weighted by molar-refractivity contribution is 1.19. The van der Waals surface area contributed by atoms with Gasteiger partial charge in [-0.15, -0.1) is 0 Å². The zero-order valence-corrected chi connectivity index (χ0v) is 9.25. The van der Waals surface area contributed by atoms with Crippen molar-refractivity contribution in [1.82, 2.24) is 4.98 Å². The van der Waals surface area contributed by atoms with Crippen LogP contribution in [0.1, 0.15) is 11.3 Å². The van der Waals surface area contributed by atoms with Crippen molar-refractivity contribution in [3.8, 4) is 0 Å². The average Bonchev–Trinajstić information content (AvgIpc) is 1.82. The number of rotatable bonds is 0. The van der Waals surface area contributed by atoms with Crippen molar-refractivity contribution in [2.75, 3.05) is 0 Å². The Morgan fingerprint density at radius 1 is 1.30 bits per heavy atom. The minimum atomic E-state index is 0.413. The van der Waals surface area contributed by atoms with Crippen LogP contribution in [0, 0.1) is 21.1 Å². The van der Waals surface area contributed by atoms with Crippen molar-refractivity contribution in [3.05, 3.63) is 38.4 Å². The predicted octanol–water partition coefficient (Wildman–Crippen LogP) is 2.41. The van der Waals surface area contributed by atoms with Crippen molar-refractivity contribution in [1.29, 1.82) is 0 Å². The Hall–Kier alpha value is 0.610. The summed E-state index contributed by atoms with van der Waals surface area (Å²) in [4.78, 5) is 3.97. The molecule has 0 unspecified atom stereocenters. The van der Waals surface area contributed by atoms with E-state index < -0.39 is 0 Å². The summed E-state index contributed by atoms with van der Waals surface area (Å²) >= 11 is 4.22. The van der Waals surface area contributed by atoms with Gasteiger partial charge in [0, 0.05) is 17.4 Å². The molecule has 0 aromatic carbocycles. The number of hydrogen-bond acceptors (Lipinski definition) is 1. The number of halogens is 2. The van der Waals surface area contributed by atoms with Crippen LogP contribution in [0.25, 0.3) is 0 Å². The highest BCUT2D eigenvalue weighted by molar-refractivity contribution is 14.1. The molecule has 1 rings (SSSR count). The van der Waals surface area contributed by atoms with Crippen molar-refractivity contribution in [2.45, 2.75) is 0 Å². The Kier molecular flexibility index (Phi) is 2.91. The molecular weight excluding hydrogens is 352 g/mol. The van der Waals surface area contributed by atoms with E-state index in [-0.39, 0.29) is 0 Å². The lowest BCUT2D eigenvalue weighted by Gasteiger charge is -2.00. The molecule has 0 aliphatic carbocycles. The monoisotopic (exact) mass is 355 g/mol. The van der Waals surface area contributed by atoms with Gasteiger partial charge in [-0.1, -0.05) is 0 Å². The highest BCUT2D eigenvalue weighted by atomic mass is 127. The number of aromatic nitrogens is 1. The van der Waals surface area contributed by atoms with E-state index in [1.54, 1.807) is 0 Å². The van der Waals surface area contributed by atoms with Crippen LogP contribution < -0.4 is 0 Å². The highest BCUT2D eigenvalue weighted by Crippen LogP contribution is 2.15. The summed E-state index contributed by atoms with van der Waals surface area (Å²) in [6.07, 6.45) is 0. The third-order valence-electron chi connectivity index (χ3n) is 1.01. The summed E-state index contributed by atoms with van der Waals surface area (Å²) in [6, 6.07) is 1.88. The molecule has 1 aromatic rings. The molecule has 0 spiro atoms. The van der Waals surface area contributed by atoms with Gasteiger partial charge in [0.2, 0.25) is 0 Å². The number of nitrogens with zero attached hydrogens (tertiary/aromatic N) is 1. The fourth-order valence-corrected chi connectivity index (χ4v) is 2.25. The molecule has 1 heterocycles. The molecule has 0 N–H and O–H groups in total. The van der Waals surface area contributed by atoms with Gasteiger partial charge in [0.15, 0.2) is 0 Å². The molecule has 1 aromatic heterocycles. The number of pyridine rings is 1. The van der Waals surface area contributed by atoms with Crippen molar-refractivity contribution < 1.29 is 0 Å². The Balaban J connectivity index is 3.31. The first-order chi connectivity index (χ1) is 4.61. The quantitative estimate of drug-likeness (QED) is 0.515. The van der Waals surface area contributed by atoms with Crippen molar-refractivity contribution in [3.63, 3.8) is 0 Å². The second-order valence-corrected chi connectivity index (χ2v) is 3.99. The molecule has 50 valence electrons. The number of hydrogen-bond donors (Lipinski definition) is 0. The van der Waals surface area contributed by atoms with Gasteiger partial charge in [0.25, 0.3) is 0 Å². The smallest absolute Gasteiger partial charge is 0.102 e. The van der Waals surface area contributed by atoms with E-state index in [1.165, 1.54) is 0 Å². The van der Waals surface area contributed by atoms with E-state index in [1.807, 2.05) is 6.07 Å². The summed E-state index contributed by atoms with van der Waals surface area (Å²) in [5.41, 5.74) is 0.984. The zero-order chi connectivity index (χ0) is 7.72. The first-order valence-corrected chi connectivity index (χ1v) is 4.64. The van der Waals surface area contributed by atoms with E-state index in [2.05, 4.69) is 50.2 Å². The van der Waals surface area contributed by atoms with E-state index in [0.717, 1.165) is 7.27 Å². The fraction of sp³-hybridized carbons (Fsp3) is 0. The van der Waals surface area contributed by atoms with Gasteiger partial charge in [0.1, 0.15) is 3.70 Å². The molecule has 4 radical (unpaired) electrons. The Labute approximate surface area is 87.9 Å². The molecule has 3 heteroatoms. The van der Waals surface area contributed by atoms with Crippen LogP contribution in [0.3, 0.4) is 0 Å². The largest absolute Gasteiger partial charge is 0.246 e. The van der Waals surface area contributed by atoms with E-state index in [0.29, 0.717) is 11.3 Å². The Bertz CT molecular complexity index is 235. The minimum absolute atomic E-state index is 0.413. The molecule has 0 saturated heterocycles. The molecule has 1 nitrogen and oxygen atoms in total. The minimum Gasteiger partial charge on any atom is -0.246 e. The van der Waals surface area contributed by atoms with Crippen LogP contribution in [0.2, 0.25) is 0 Å². The van der Waals surface area contributed by atoms with Gasteiger partial charge in [-0.2, -0.15) is 0 Å². The summed E-state index contributed by atoms with van der Waals surface area (Å²) in [6.45, 7) is 11.0. The Morgan fingerprint density at radius 2 is 1.90 bits per heavy atom. The normalized spacial score (nSPS) is 10.0. The second-order valence-electron chi connectivity index (χ2n) is 1.73. The predicted molar refractivity (Wildman–Crippen MR) is 56.5 cm³/mol. The fourth-order valence-electron chi connectivity index (χ4n) is 0.512.